The van der Waals surface area contributed by atoms with Gasteiger partial charge in [-0.1, -0.05) is 13.8 Å². The first kappa shape index (κ1) is 14.6. The van der Waals surface area contributed by atoms with E-state index in [2.05, 4.69) is 41.0 Å². The summed E-state index contributed by atoms with van der Waals surface area (Å²) < 4.78 is 0. The Bertz CT molecular complexity index is 528. The summed E-state index contributed by atoms with van der Waals surface area (Å²) >= 11 is 0. The molecule has 5 heteroatoms. The van der Waals surface area contributed by atoms with E-state index < -0.39 is 0 Å². The van der Waals surface area contributed by atoms with E-state index in [4.69, 9.17) is 0 Å². The smallest absolute Gasteiger partial charge is 0.271 e. The Morgan fingerprint density at radius 1 is 1.33 bits per heavy atom. The molecule has 1 aromatic rings. The highest BCUT2D eigenvalue weighted by Crippen LogP contribution is 2.25. The minimum Gasteiger partial charge on any atom is -0.350 e. The zero-order valence-electron chi connectivity index (χ0n) is 13.3. The van der Waals surface area contributed by atoms with E-state index in [1.807, 2.05) is 0 Å². The van der Waals surface area contributed by atoms with Crippen molar-refractivity contribution in [1.29, 1.82) is 0 Å². The molecule has 1 aromatic heterocycles. The van der Waals surface area contributed by atoms with Gasteiger partial charge in [0.1, 0.15) is 11.5 Å². The van der Waals surface area contributed by atoms with Crippen LogP contribution in [-0.2, 0) is 12.8 Å². The van der Waals surface area contributed by atoms with Crippen molar-refractivity contribution < 1.29 is 4.79 Å². The lowest BCUT2D eigenvalue weighted by molar-refractivity contribution is 0.0940. The molecule has 1 saturated heterocycles. The molecule has 2 aliphatic heterocycles. The molecule has 0 bridgehead atoms. The van der Waals surface area contributed by atoms with Crippen molar-refractivity contribution >= 4 is 5.91 Å². The van der Waals surface area contributed by atoms with Crippen LogP contribution in [0.2, 0.25) is 0 Å². The van der Waals surface area contributed by atoms with Crippen LogP contribution in [0.25, 0.3) is 0 Å². The van der Waals surface area contributed by atoms with Gasteiger partial charge in [-0.2, -0.15) is 0 Å². The minimum absolute atomic E-state index is 0.0353. The first-order valence-corrected chi connectivity index (χ1v) is 8.05. The number of hydrogen-bond acceptors (Lipinski definition) is 3. The van der Waals surface area contributed by atoms with Crippen LogP contribution in [0.1, 0.15) is 55.6 Å². The van der Waals surface area contributed by atoms with Gasteiger partial charge in [0.2, 0.25) is 0 Å². The zero-order chi connectivity index (χ0) is 15.0. The number of likely N-dealkylation sites (tertiary alicyclic amines) is 1. The highest BCUT2D eigenvalue weighted by atomic mass is 16.1. The lowest BCUT2D eigenvalue weighted by Crippen LogP contribution is -2.33. The number of nitrogens with one attached hydrogen (secondary N) is 2. The second kappa shape index (κ2) is 5.44. The quantitative estimate of drug-likeness (QED) is 0.891. The largest absolute Gasteiger partial charge is 0.350 e. The molecule has 21 heavy (non-hydrogen) atoms. The molecule has 1 fully saturated rings. The van der Waals surface area contributed by atoms with Crippen molar-refractivity contribution in [3.05, 3.63) is 17.2 Å². The lowest BCUT2D eigenvalue weighted by atomic mass is 9.88. The van der Waals surface area contributed by atoms with E-state index >= 15 is 0 Å². The Balaban J connectivity index is 1.76. The van der Waals surface area contributed by atoms with E-state index in [0.717, 1.165) is 24.4 Å². The Hall–Kier alpha value is -1.36. The lowest BCUT2D eigenvalue weighted by Gasteiger charge is -2.23. The SMILES string of the molecule is C[C@H](Cc1nc2c([nH]1)CC(C)(C)CNC2=O)N1CCCC1. The van der Waals surface area contributed by atoms with Crippen LogP contribution in [0.5, 0.6) is 0 Å². The van der Waals surface area contributed by atoms with Crippen LogP contribution < -0.4 is 5.32 Å². The van der Waals surface area contributed by atoms with E-state index in [0.29, 0.717) is 18.3 Å². The highest BCUT2D eigenvalue weighted by molar-refractivity contribution is 5.93. The third-order valence-electron chi connectivity index (χ3n) is 4.68. The monoisotopic (exact) mass is 290 g/mol. The molecule has 5 nitrogen and oxygen atoms in total. The average Bonchev–Trinajstić information content (AvgIpc) is 3.03. The average molecular weight is 290 g/mol. The maximum absolute atomic E-state index is 12.1. The fourth-order valence-electron chi connectivity index (χ4n) is 3.41. The number of amides is 1. The fraction of sp³-hybridized carbons (Fsp3) is 0.750. The number of aromatic nitrogens is 2. The fourth-order valence-corrected chi connectivity index (χ4v) is 3.41. The Kier molecular flexibility index (Phi) is 3.78. The number of rotatable bonds is 3. The van der Waals surface area contributed by atoms with Crippen LogP contribution in [0.3, 0.4) is 0 Å². The predicted molar refractivity (Wildman–Crippen MR) is 82.4 cm³/mol. The van der Waals surface area contributed by atoms with Crippen LogP contribution in [0.15, 0.2) is 0 Å². The van der Waals surface area contributed by atoms with Crippen molar-refractivity contribution in [3.8, 4) is 0 Å². The number of fused-ring (bicyclic) bond motifs is 1. The molecule has 1 amide bonds. The predicted octanol–water partition coefficient (Wildman–Crippen LogP) is 1.75. The molecule has 1 atom stereocenters. The second-order valence-electron chi connectivity index (χ2n) is 7.33. The first-order chi connectivity index (χ1) is 9.94. The van der Waals surface area contributed by atoms with Crippen molar-refractivity contribution in [3.63, 3.8) is 0 Å². The molecule has 116 valence electrons. The molecule has 0 spiro atoms. The maximum atomic E-state index is 12.1. The zero-order valence-corrected chi connectivity index (χ0v) is 13.3. The van der Waals surface area contributed by atoms with E-state index in [1.165, 1.54) is 25.9 Å². The van der Waals surface area contributed by atoms with Crippen LogP contribution in [0, 0.1) is 5.41 Å². The molecule has 2 aliphatic rings. The molecular formula is C16H26N4O. The van der Waals surface area contributed by atoms with Gasteiger partial charge in [-0.25, -0.2) is 4.98 Å². The summed E-state index contributed by atoms with van der Waals surface area (Å²) in [5.41, 5.74) is 1.67. The van der Waals surface area contributed by atoms with Gasteiger partial charge in [-0.15, -0.1) is 0 Å². The summed E-state index contributed by atoms with van der Waals surface area (Å²) in [6, 6.07) is 0.485. The van der Waals surface area contributed by atoms with Gasteiger partial charge in [0, 0.05) is 24.7 Å². The van der Waals surface area contributed by atoms with Gasteiger partial charge < -0.3 is 15.2 Å². The van der Waals surface area contributed by atoms with Crippen molar-refractivity contribution in [2.75, 3.05) is 19.6 Å². The number of aromatic amines is 1. The number of carbonyl (C=O) groups is 1. The standard InChI is InChI=1S/C16H26N4O/c1-11(20-6-4-5-7-20)8-13-18-12-9-16(2,3)10-17-15(21)14(12)19-13/h11H,4-10H2,1-3H3,(H,17,21)(H,18,19)/t11-/m1/s1. The Morgan fingerprint density at radius 3 is 2.76 bits per heavy atom. The summed E-state index contributed by atoms with van der Waals surface area (Å²) in [6.07, 6.45) is 4.36. The molecule has 0 aliphatic carbocycles. The Labute approximate surface area is 126 Å². The van der Waals surface area contributed by atoms with E-state index in [9.17, 15) is 4.79 Å². The number of hydrogen-bond donors (Lipinski definition) is 2. The number of H-pyrrole nitrogens is 1. The highest BCUT2D eigenvalue weighted by Gasteiger charge is 2.30. The van der Waals surface area contributed by atoms with Gasteiger partial charge in [-0.05, 0) is 44.7 Å². The topological polar surface area (TPSA) is 61.0 Å². The second-order valence-corrected chi connectivity index (χ2v) is 7.33. The van der Waals surface area contributed by atoms with Gasteiger partial charge in [0.05, 0.1) is 0 Å². The summed E-state index contributed by atoms with van der Waals surface area (Å²) in [7, 11) is 0. The van der Waals surface area contributed by atoms with E-state index in [-0.39, 0.29) is 11.3 Å². The molecule has 0 saturated carbocycles. The van der Waals surface area contributed by atoms with Crippen LogP contribution >= 0.6 is 0 Å². The molecule has 0 aromatic carbocycles. The first-order valence-electron chi connectivity index (χ1n) is 8.05. The normalized spacial score (nSPS) is 23.5. The molecular weight excluding hydrogens is 264 g/mol. The van der Waals surface area contributed by atoms with Crippen molar-refractivity contribution in [2.24, 2.45) is 5.41 Å². The van der Waals surface area contributed by atoms with Crippen molar-refractivity contribution in [1.82, 2.24) is 20.2 Å². The van der Waals surface area contributed by atoms with E-state index in [1.54, 1.807) is 0 Å². The summed E-state index contributed by atoms with van der Waals surface area (Å²) in [5, 5.41) is 2.98. The number of nitrogens with zero attached hydrogens (tertiary/aromatic N) is 2. The minimum atomic E-state index is -0.0353. The maximum Gasteiger partial charge on any atom is 0.271 e. The summed E-state index contributed by atoms with van der Waals surface area (Å²) in [4.78, 5) is 22.6. The molecule has 3 rings (SSSR count). The van der Waals surface area contributed by atoms with Gasteiger partial charge in [0.15, 0.2) is 0 Å². The van der Waals surface area contributed by atoms with Gasteiger partial charge in [-0.3, -0.25) is 4.79 Å². The summed E-state index contributed by atoms with van der Waals surface area (Å²) in [6.45, 7) is 9.69. The van der Waals surface area contributed by atoms with Crippen molar-refractivity contribution in [2.45, 2.75) is 52.5 Å². The number of imidazole rings is 1. The summed E-state index contributed by atoms with van der Waals surface area (Å²) in [5.74, 6) is 0.916. The molecule has 2 N–H and O–H groups in total. The molecule has 3 heterocycles. The van der Waals surface area contributed by atoms with Gasteiger partial charge in [0.25, 0.3) is 5.91 Å². The molecule has 0 unspecified atom stereocenters. The van der Waals surface area contributed by atoms with Gasteiger partial charge >= 0.3 is 0 Å². The van der Waals surface area contributed by atoms with Crippen LogP contribution in [-0.4, -0.2) is 46.5 Å². The third kappa shape index (κ3) is 3.12. The Morgan fingerprint density at radius 2 is 2.05 bits per heavy atom. The molecule has 0 radical (unpaired) electrons. The third-order valence-corrected chi connectivity index (χ3v) is 4.68. The van der Waals surface area contributed by atoms with Crippen LogP contribution in [0.4, 0.5) is 0 Å². The number of carbonyl (C=O) groups excluding carboxylic acids is 1.